The fraction of sp³-hybridized carbons (Fsp3) is 0.250. The van der Waals surface area contributed by atoms with E-state index in [1.54, 1.807) is 30.3 Å². The molecule has 3 unspecified atom stereocenters. The molecule has 182 valence electrons. The molecule has 3 aromatic carbocycles. The van der Waals surface area contributed by atoms with E-state index in [1.165, 1.54) is 19.3 Å². The highest BCUT2D eigenvalue weighted by Crippen LogP contribution is 2.44. The molecule has 2 amide bonds. The number of hydrogen-bond acceptors (Lipinski definition) is 3. The van der Waals surface area contributed by atoms with Crippen LogP contribution < -0.4 is 10.6 Å². The Morgan fingerprint density at radius 3 is 2.39 bits per heavy atom. The van der Waals surface area contributed by atoms with Crippen LogP contribution in [0.15, 0.2) is 60.7 Å². The van der Waals surface area contributed by atoms with Crippen molar-refractivity contribution in [1.29, 1.82) is 0 Å². The smallest absolute Gasteiger partial charge is 0.255 e. The Morgan fingerprint density at radius 2 is 1.67 bits per heavy atom. The number of imidazole rings is 1. The first-order valence-electron chi connectivity index (χ1n) is 12.1. The van der Waals surface area contributed by atoms with Gasteiger partial charge < -0.3 is 15.6 Å². The molecule has 0 spiro atoms. The van der Waals surface area contributed by atoms with Gasteiger partial charge in [0.25, 0.3) is 11.8 Å². The number of amides is 2. The standard InChI is InChI=1S/C28H24Cl2N4O2/c29-21-9-8-20(14-22(21)30)31-27(35)17-5-3-16(4-6-17)26-32-23-10-7-19(13-25(23)33-26)28(36)34-24-12-15-1-2-18(24)11-15/h3-10,13-15,18,24H,1-2,11-12H2,(H,31,35)(H,32,33)(H,34,36). The fourth-order valence-corrected chi connectivity index (χ4v) is 5.82. The molecule has 2 bridgehead atoms. The third-order valence-corrected chi connectivity index (χ3v) is 8.14. The monoisotopic (exact) mass is 518 g/mol. The summed E-state index contributed by atoms with van der Waals surface area (Å²) in [5.74, 6) is 1.81. The molecule has 1 heterocycles. The van der Waals surface area contributed by atoms with Crippen molar-refractivity contribution in [3.8, 4) is 11.4 Å². The van der Waals surface area contributed by atoms with Crippen molar-refractivity contribution < 1.29 is 9.59 Å². The van der Waals surface area contributed by atoms with E-state index in [-0.39, 0.29) is 11.8 Å². The Morgan fingerprint density at radius 1 is 0.861 bits per heavy atom. The number of anilines is 1. The summed E-state index contributed by atoms with van der Waals surface area (Å²) in [6, 6.07) is 17.9. The lowest BCUT2D eigenvalue weighted by Crippen LogP contribution is -2.38. The topological polar surface area (TPSA) is 86.9 Å². The largest absolute Gasteiger partial charge is 0.349 e. The Labute approximate surface area is 218 Å². The summed E-state index contributed by atoms with van der Waals surface area (Å²) < 4.78 is 0. The van der Waals surface area contributed by atoms with Gasteiger partial charge in [-0.2, -0.15) is 0 Å². The lowest BCUT2D eigenvalue weighted by molar-refractivity contribution is 0.0922. The zero-order valence-electron chi connectivity index (χ0n) is 19.4. The number of carbonyl (C=O) groups is 2. The van der Waals surface area contributed by atoms with Crippen LogP contribution in [0.5, 0.6) is 0 Å². The van der Waals surface area contributed by atoms with Crippen LogP contribution in [0.2, 0.25) is 10.0 Å². The zero-order valence-corrected chi connectivity index (χ0v) is 20.9. The van der Waals surface area contributed by atoms with Gasteiger partial charge >= 0.3 is 0 Å². The molecule has 3 atom stereocenters. The molecule has 8 heteroatoms. The molecule has 36 heavy (non-hydrogen) atoms. The quantitative estimate of drug-likeness (QED) is 0.274. The van der Waals surface area contributed by atoms with Gasteiger partial charge in [-0.1, -0.05) is 41.8 Å². The lowest BCUT2D eigenvalue weighted by atomic mass is 9.95. The van der Waals surface area contributed by atoms with Gasteiger partial charge in [0.2, 0.25) is 0 Å². The normalized spacial score (nSPS) is 20.6. The van der Waals surface area contributed by atoms with E-state index in [2.05, 4.69) is 20.6 Å². The number of hydrogen-bond donors (Lipinski definition) is 3. The van der Waals surface area contributed by atoms with Gasteiger partial charge in [0.05, 0.1) is 21.1 Å². The third kappa shape index (κ3) is 4.47. The van der Waals surface area contributed by atoms with Crippen molar-refractivity contribution in [1.82, 2.24) is 15.3 Å². The van der Waals surface area contributed by atoms with E-state index in [0.29, 0.717) is 44.6 Å². The molecule has 2 aliphatic carbocycles. The number of H-pyrrole nitrogens is 1. The molecule has 1 aromatic heterocycles. The van der Waals surface area contributed by atoms with Crippen LogP contribution >= 0.6 is 23.2 Å². The van der Waals surface area contributed by atoms with Gasteiger partial charge in [0, 0.05) is 28.4 Å². The first kappa shape index (κ1) is 23.1. The van der Waals surface area contributed by atoms with Gasteiger partial charge in [-0.3, -0.25) is 9.59 Å². The summed E-state index contributed by atoms with van der Waals surface area (Å²) in [6.07, 6.45) is 4.90. The Balaban J connectivity index is 1.16. The van der Waals surface area contributed by atoms with Crippen LogP contribution in [0.25, 0.3) is 22.4 Å². The summed E-state index contributed by atoms with van der Waals surface area (Å²) in [6.45, 7) is 0. The average Bonchev–Trinajstić information content (AvgIpc) is 3.61. The molecule has 3 N–H and O–H groups in total. The molecule has 2 aliphatic rings. The van der Waals surface area contributed by atoms with Crippen molar-refractivity contribution in [3.63, 3.8) is 0 Å². The van der Waals surface area contributed by atoms with Crippen molar-refractivity contribution in [2.75, 3.05) is 5.32 Å². The predicted octanol–water partition coefficient (Wildman–Crippen LogP) is 6.71. The maximum absolute atomic E-state index is 12.9. The Kier molecular flexibility index (Phi) is 5.94. The van der Waals surface area contributed by atoms with E-state index >= 15 is 0 Å². The van der Waals surface area contributed by atoms with Crippen molar-refractivity contribution in [2.45, 2.75) is 31.7 Å². The van der Waals surface area contributed by atoms with Gasteiger partial charge in [0.1, 0.15) is 5.82 Å². The van der Waals surface area contributed by atoms with Crippen molar-refractivity contribution in [3.05, 3.63) is 81.8 Å². The number of carbonyl (C=O) groups excluding carboxylic acids is 2. The second-order valence-electron chi connectivity index (χ2n) is 9.73. The minimum atomic E-state index is -0.254. The number of fused-ring (bicyclic) bond motifs is 3. The molecule has 0 radical (unpaired) electrons. The molecule has 6 nitrogen and oxygen atoms in total. The molecule has 0 aliphatic heterocycles. The minimum absolute atomic E-state index is 0.0251. The second kappa shape index (κ2) is 9.26. The number of halogens is 2. The molecule has 2 saturated carbocycles. The van der Waals surface area contributed by atoms with Crippen LogP contribution in [0.4, 0.5) is 5.69 Å². The number of rotatable bonds is 5. The van der Waals surface area contributed by atoms with Crippen LogP contribution in [-0.2, 0) is 0 Å². The molecular formula is C28H24Cl2N4O2. The highest BCUT2D eigenvalue weighted by molar-refractivity contribution is 6.42. The van der Waals surface area contributed by atoms with Gasteiger partial charge in [-0.25, -0.2) is 4.98 Å². The Hall–Kier alpha value is -3.35. The predicted molar refractivity (Wildman–Crippen MR) is 143 cm³/mol. The highest BCUT2D eigenvalue weighted by atomic mass is 35.5. The summed E-state index contributed by atoms with van der Waals surface area (Å²) >= 11 is 12.0. The number of benzene rings is 3. The zero-order chi connectivity index (χ0) is 24.8. The van der Waals surface area contributed by atoms with Gasteiger partial charge in [0.15, 0.2) is 0 Å². The summed E-state index contributed by atoms with van der Waals surface area (Å²) in [4.78, 5) is 33.5. The third-order valence-electron chi connectivity index (χ3n) is 7.40. The van der Waals surface area contributed by atoms with E-state index in [4.69, 9.17) is 23.2 Å². The molecule has 6 rings (SSSR count). The lowest BCUT2D eigenvalue weighted by Gasteiger charge is -2.22. The van der Waals surface area contributed by atoms with Crippen LogP contribution in [0.3, 0.4) is 0 Å². The van der Waals surface area contributed by atoms with Crippen LogP contribution in [-0.4, -0.2) is 27.8 Å². The Bertz CT molecular complexity index is 1480. The highest BCUT2D eigenvalue weighted by Gasteiger charge is 2.40. The maximum atomic E-state index is 12.9. The SMILES string of the molecule is O=C(Nc1ccc(Cl)c(Cl)c1)c1ccc(-c2nc3ccc(C(=O)NC4CC5CCC4C5)cc3[nH]2)cc1. The van der Waals surface area contributed by atoms with Gasteiger partial charge in [-0.05, 0) is 79.6 Å². The average molecular weight is 519 g/mol. The number of aromatic nitrogens is 2. The molecular weight excluding hydrogens is 495 g/mol. The first-order chi connectivity index (χ1) is 17.4. The summed E-state index contributed by atoms with van der Waals surface area (Å²) in [7, 11) is 0. The van der Waals surface area contributed by atoms with Crippen molar-refractivity contribution in [2.24, 2.45) is 11.8 Å². The van der Waals surface area contributed by atoms with E-state index in [1.807, 2.05) is 30.3 Å². The van der Waals surface area contributed by atoms with Crippen LogP contribution in [0, 0.1) is 11.8 Å². The van der Waals surface area contributed by atoms with Gasteiger partial charge in [-0.15, -0.1) is 0 Å². The van der Waals surface area contributed by atoms with E-state index in [9.17, 15) is 9.59 Å². The van der Waals surface area contributed by atoms with E-state index < -0.39 is 0 Å². The first-order valence-corrected chi connectivity index (χ1v) is 12.9. The number of aromatic amines is 1. The second-order valence-corrected chi connectivity index (χ2v) is 10.5. The molecule has 0 saturated heterocycles. The van der Waals surface area contributed by atoms with Crippen molar-refractivity contribution >= 4 is 51.7 Å². The maximum Gasteiger partial charge on any atom is 0.255 e. The minimum Gasteiger partial charge on any atom is -0.349 e. The summed E-state index contributed by atoms with van der Waals surface area (Å²) in [5, 5.41) is 6.86. The number of nitrogens with zero attached hydrogens (tertiary/aromatic N) is 1. The molecule has 4 aromatic rings. The molecule has 2 fully saturated rings. The number of nitrogens with one attached hydrogen (secondary N) is 3. The summed E-state index contributed by atoms with van der Waals surface area (Å²) in [5.41, 5.74) is 4.12. The fourth-order valence-electron chi connectivity index (χ4n) is 5.52. The van der Waals surface area contributed by atoms with Crippen LogP contribution in [0.1, 0.15) is 46.4 Å². The van der Waals surface area contributed by atoms with E-state index in [0.717, 1.165) is 28.9 Å².